The number of nitrogens with zero attached hydrogens (tertiary/aromatic N) is 4. The van der Waals surface area contributed by atoms with E-state index in [1.54, 1.807) is 42.5 Å². The Balaban J connectivity index is 1.08. The van der Waals surface area contributed by atoms with Gasteiger partial charge in [0.2, 0.25) is 5.16 Å². The Morgan fingerprint density at radius 3 is 2.14 bits per heavy atom. The van der Waals surface area contributed by atoms with E-state index >= 15 is 0 Å². The van der Waals surface area contributed by atoms with Crippen molar-refractivity contribution in [1.29, 1.82) is 0 Å². The van der Waals surface area contributed by atoms with Crippen LogP contribution in [-0.4, -0.2) is 56.5 Å². The molecule has 0 radical (unpaired) electrons. The lowest BCUT2D eigenvalue weighted by Gasteiger charge is -2.14. The number of fused-ring (bicyclic) bond motifs is 1. The first-order valence-corrected chi connectivity index (χ1v) is 21.7. The lowest BCUT2D eigenvalue weighted by Crippen LogP contribution is -2.17. The number of carbonyl (C=O) groups is 3. The third kappa shape index (κ3) is 14.3. The van der Waals surface area contributed by atoms with Gasteiger partial charge < -0.3 is 24.6 Å². The number of phenols is 1. The van der Waals surface area contributed by atoms with Crippen LogP contribution in [0.15, 0.2) is 84.0 Å². The van der Waals surface area contributed by atoms with E-state index < -0.39 is 18.0 Å². The molecule has 0 unspecified atom stereocenters. The van der Waals surface area contributed by atoms with Crippen LogP contribution in [0.5, 0.6) is 17.2 Å². The van der Waals surface area contributed by atoms with Crippen LogP contribution in [0.1, 0.15) is 113 Å². The maximum Gasteiger partial charge on any atom is 0.417 e. The molecule has 0 saturated heterocycles. The topological polar surface area (TPSA) is 167 Å². The third-order valence-electron chi connectivity index (χ3n) is 9.65. The average molecular weight is 825 g/mol. The molecule has 0 saturated carbocycles. The predicted octanol–water partition coefficient (Wildman–Crippen LogP) is 10.7. The third-order valence-corrected chi connectivity index (χ3v) is 10.7. The average Bonchev–Trinajstić information content (AvgIpc) is 3.68. The van der Waals surface area contributed by atoms with Gasteiger partial charge in [-0.2, -0.15) is 0 Å². The van der Waals surface area contributed by atoms with Crippen molar-refractivity contribution in [1.82, 2.24) is 20.2 Å². The summed E-state index contributed by atoms with van der Waals surface area (Å²) in [6.07, 6.45) is 15.2. The summed E-state index contributed by atoms with van der Waals surface area (Å²) in [4.78, 5) is 38.4. The highest BCUT2D eigenvalue weighted by Gasteiger charge is 2.18. The standard InChI is InChI=1S/C45H56N6O7S/c1-3-5-6-7-8-9-10-11-12-13-14-17-30-56-40-22-16-15-20-39(40)46-43(54)37-28-27-35-36(42(37)53)19-18-21-38(35)47-45(55)58-34-25-23-33(24-26-34)32-59-44-48-49-50-51(44)31-41(52)57-29-4-2/h15-16,18-28,53H,3-14,17,29-32H2,1-2H3,(H,46,54)(H,47,55). The number of hydrogen-bond acceptors (Lipinski definition) is 11. The van der Waals surface area contributed by atoms with E-state index in [2.05, 4.69) is 33.1 Å². The van der Waals surface area contributed by atoms with E-state index in [4.69, 9.17) is 14.2 Å². The molecule has 0 aliphatic carbocycles. The maximum absolute atomic E-state index is 13.5. The number of tetrazole rings is 1. The number of para-hydroxylation sites is 2. The number of carbonyl (C=O) groups excluding carboxylic acids is 3. The van der Waals surface area contributed by atoms with Gasteiger partial charge in [0.05, 0.1) is 30.2 Å². The largest absolute Gasteiger partial charge is 0.506 e. The molecule has 2 amide bonds. The Kier molecular flexibility index (Phi) is 18.3. The molecule has 0 bridgehead atoms. The second kappa shape index (κ2) is 24.3. The number of benzene rings is 4. The van der Waals surface area contributed by atoms with Gasteiger partial charge >= 0.3 is 12.1 Å². The lowest BCUT2D eigenvalue weighted by molar-refractivity contribution is -0.144. The summed E-state index contributed by atoms with van der Waals surface area (Å²) in [6.45, 7) is 4.99. The van der Waals surface area contributed by atoms with Gasteiger partial charge in [0, 0.05) is 16.5 Å². The van der Waals surface area contributed by atoms with E-state index in [1.807, 2.05) is 37.3 Å². The summed E-state index contributed by atoms with van der Waals surface area (Å²) in [7, 11) is 0. The number of esters is 1. The summed E-state index contributed by atoms with van der Waals surface area (Å²) in [5, 5.41) is 29.8. The van der Waals surface area contributed by atoms with Crippen LogP contribution in [0, 0.1) is 0 Å². The first-order chi connectivity index (χ1) is 28.9. The van der Waals surface area contributed by atoms with Crippen LogP contribution in [-0.2, 0) is 21.8 Å². The molecular formula is C45H56N6O7S. The molecule has 0 spiro atoms. The van der Waals surface area contributed by atoms with E-state index in [0.717, 1.165) is 24.8 Å². The number of aromatic nitrogens is 4. The van der Waals surface area contributed by atoms with Crippen LogP contribution in [0.3, 0.4) is 0 Å². The van der Waals surface area contributed by atoms with Crippen molar-refractivity contribution < 1.29 is 33.7 Å². The van der Waals surface area contributed by atoms with Crippen molar-refractivity contribution in [2.75, 3.05) is 23.8 Å². The maximum atomic E-state index is 13.5. The number of anilines is 2. The zero-order valence-corrected chi connectivity index (χ0v) is 34.9. The summed E-state index contributed by atoms with van der Waals surface area (Å²) < 4.78 is 18.1. The Hall–Kier alpha value is -5.63. The molecule has 1 aromatic heterocycles. The molecule has 0 aliphatic heterocycles. The van der Waals surface area contributed by atoms with Crippen molar-refractivity contribution in [3.8, 4) is 17.2 Å². The number of thioether (sulfide) groups is 1. The first kappa shape index (κ1) is 44.5. The Morgan fingerprint density at radius 2 is 1.41 bits per heavy atom. The molecule has 14 heteroatoms. The minimum Gasteiger partial charge on any atom is -0.506 e. The molecule has 59 heavy (non-hydrogen) atoms. The van der Waals surface area contributed by atoms with E-state index in [1.165, 1.54) is 86.7 Å². The summed E-state index contributed by atoms with van der Waals surface area (Å²) in [6, 6.07) is 22.5. The number of rotatable bonds is 25. The number of nitrogens with one attached hydrogen (secondary N) is 2. The molecule has 314 valence electrons. The molecule has 13 nitrogen and oxygen atoms in total. The van der Waals surface area contributed by atoms with Gasteiger partial charge in [0.15, 0.2) is 0 Å². The van der Waals surface area contributed by atoms with Crippen molar-refractivity contribution in [3.63, 3.8) is 0 Å². The number of aromatic hydroxyl groups is 1. The van der Waals surface area contributed by atoms with Crippen molar-refractivity contribution in [3.05, 3.63) is 90.0 Å². The molecular weight excluding hydrogens is 769 g/mol. The van der Waals surface area contributed by atoms with Gasteiger partial charge in [0.1, 0.15) is 23.8 Å². The van der Waals surface area contributed by atoms with Crippen LogP contribution in [0.25, 0.3) is 10.8 Å². The molecule has 5 rings (SSSR count). The first-order valence-electron chi connectivity index (χ1n) is 20.8. The SMILES string of the molecule is CCCCCCCCCCCCCCOc1ccccc1NC(=O)c1ccc2c(NC(=O)Oc3ccc(CSc4nnnn4CC(=O)OCCC)cc3)cccc2c1O. The van der Waals surface area contributed by atoms with Gasteiger partial charge in [0.25, 0.3) is 5.91 Å². The number of amides is 2. The van der Waals surface area contributed by atoms with Crippen molar-refractivity contribution in [2.45, 2.75) is 115 Å². The number of hydrogen-bond donors (Lipinski definition) is 3. The Labute approximate surface area is 350 Å². The monoisotopic (exact) mass is 824 g/mol. The highest BCUT2D eigenvalue weighted by molar-refractivity contribution is 7.98. The molecule has 4 aromatic carbocycles. The zero-order chi connectivity index (χ0) is 41.7. The fraction of sp³-hybridized carbons (Fsp3) is 0.422. The van der Waals surface area contributed by atoms with Gasteiger partial charge in [-0.1, -0.05) is 139 Å². The molecule has 0 atom stereocenters. The Morgan fingerprint density at radius 1 is 0.712 bits per heavy atom. The number of phenolic OH excluding ortho intramolecular Hbond substituents is 1. The van der Waals surface area contributed by atoms with Crippen molar-refractivity contribution >= 4 is 51.9 Å². The van der Waals surface area contributed by atoms with Crippen LogP contribution in [0.4, 0.5) is 16.2 Å². The Bertz CT molecular complexity index is 2090. The smallest absolute Gasteiger partial charge is 0.417 e. The van der Waals surface area contributed by atoms with Crippen LogP contribution >= 0.6 is 11.8 Å². The van der Waals surface area contributed by atoms with E-state index in [-0.39, 0.29) is 17.9 Å². The second-order valence-electron chi connectivity index (χ2n) is 14.3. The molecule has 0 fully saturated rings. The minimum absolute atomic E-state index is 0.0749. The fourth-order valence-corrected chi connectivity index (χ4v) is 7.30. The van der Waals surface area contributed by atoms with E-state index in [9.17, 15) is 19.5 Å². The van der Waals surface area contributed by atoms with Crippen LogP contribution in [0.2, 0.25) is 0 Å². The summed E-state index contributed by atoms with van der Waals surface area (Å²) >= 11 is 1.36. The predicted molar refractivity (Wildman–Crippen MR) is 231 cm³/mol. The van der Waals surface area contributed by atoms with Gasteiger partial charge in [-0.05, 0) is 65.2 Å². The normalized spacial score (nSPS) is 11.0. The number of ether oxygens (including phenoxy) is 3. The van der Waals surface area contributed by atoms with Crippen molar-refractivity contribution in [2.24, 2.45) is 0 Å². The quantitative estimate of drug-likeness (QED) is 0.0291. The number of unbranched alkanes of at least 4 members (excludes halogenated alkanes) is 11. The summed E-state index contributed by atoms with van der Waals surface area (Å²) in [5.41, 5.74) is 1.91. The van der Waals surface area contributed by atoms with Gasteiger partial charge in [-0.25, -0.2) is 9.48 Å². The zero-order valence-electron chi connectivity index (χ0n) is 34.1. The molecule has 5 aromatic rings. The lowest BCUT2D eigenvalue weighted by atomic mass is 10.0. The van der Waals surface area contributed by atoms with Gasteiger partial charge in [-0.15, -0.1) is 5.10 Å². The molecule has 1 heterocycles. The van der Waals surface area contributed by atoms with Gasteiger partial charge in [-0.3, -0.25) is 14.9 Å². The van der Waals surface area contributed by atoms with E-state index in [0.29, 0.717) is 57.8 Å². The van der Waals surface area contributed by atoms with Crippen LogP contribution < -0.4 is 20.1 Å². The highest BCUT2D eigenvalue weighted by Crippen LogP contribution is 2.34. The fourth-order valence-electron chi connectivity index (χ4n) is 6.47. The summed E-state index contributed by atoms with van der Waals surface area (Å²) in [5.74, 6) is 0.290. The molecule has 0 aliphatic rings. The molecule has 3 N–H and O–H groups in total. The highest BCUT2D eigenvalue weighted by atomic mass is 32.2. The minimum atomic E-state index is -0.727. The second-order valence-corrected chi connectivity index (χ2v) is 15.3.